The summed E-state index contributed by atoms with van der Waals surface area (Å²) in [5.74, 6) is -0.978. The van der Waals surface area contributed by atoms with Gasteiger partial charge in [0.2, 0.25) is 0 Å². The van der Waals surface area contributed by atoms with E-state index in [0.29, 0.717) is 18.6 Å². The summed E-state index contributed by atoms with van der Waals surface area (Å²) in [5, 5.41) is 12.3. The van der Waals surface area contributed by atoms with Crippen LogP contribution in [0, 0.1) is 19.8 Å². The molecule has 1 aliphatic rings. The average Bonchev–Trinajstić information content (AvgIpc) is 2.48. The van der Waals surface area contributed by atoms with E-state index in [4.69, 9.17) is 4.74 Å². The number of carbonyl (C=O) groups is 2. The normalized spacial score (nSPS) is 24.0. The van der Waals surface area contributed by atoms with Crippen LogP contribution < -0.4 is 10.1 Å². The van der Waals surface area contributed by atoms with Gasteiger partial charge in [-0.15, -0.1) is 0 Å². The van der Waals surface area contributed by atoms with E-state index in [1.54, 1.807) is 0 Å². The van der Waals surface area contributed by atoms with E-state index in [1.807, 2.05) is 39.0 Å². The molecule has 0 radical (unpaired) electrons. The third kappa shape index (κ3) is 4.24. The highest BCUT2D eigenvalue weighted by Crippen LogP contribution is 2.33. The Balaban J connectivity index is 1.98. The number of benzene rings is 1. The Morgan fingerprint density at radius 2 is 2.09 bits per heavy atom. The fraction of sp³-hybridized carbons (Fsp3) is 0.556. The maximum absolute atomic E-state index is 12.2. The highest BCUT2D eigenvalue weighted by Gasteiger charge is 2.42. The van der Waals surface area contributed by atoms with Crippen molar-refractivity contribution in [3.8, 4) is 5.75 Å². The van der Waals surface area contributed by atoms with Crippen molar-refractivity contribution in [3.63, 3.8) is 0 Å². The minimum absolute atomic E-state index is 0.105. The molecule has 0 bridgehead atoms. The highest BCUT2D eigenvalue weighted by molar-refractivity contribution is 5.80. The van der Waals surface area contributed by atoms with Crippen molar-refractivity contribution < 1.29 is 19.4 Å². The Hall–Kier alpha value is -2.04. The number of aryl methyl sites for hydroxylation is 2. The van der Waals surface area contributed by atoms with Gasteiger partial charge in [-0.3, -0.25) is 9.59 Å². The third-order valence-corrected chi connectivity index (χ3v) is 4.63. The summed E-state index contributed by atoms with van der Waals surface area (Å²) in [7, 11) is 0. The fourth-order valence-corrected chi connectivity index (χ4v) is 3.24. The van der Waals surface area contributed by atoms with E-state index in [0.717, 1.165) is 24.0 Å². The first-order chi connectivity index (χ1) is 10.8. The summed E-state index contributed by atoms with van der Waals surface area (Å²) in [6, 6.07) is 5.83. The molecule has 1 amide bonds. The molecule has 2 unspecified atom stereocenters. The van der Waals surface area contributed by atoms with Crippen LogP contribution in [0.3, 0.4) is 0 Å². The van der Waals surface area contributed by atoms with E-state index in [9.17, 15) is 14.7 Å². The highest BCUT2D eigenvalue weighted by atomic mass is 16.5. The molecule has 23 heavy (non-hydrogen) atoms. The van der Waals surface area contributed by atoms with Crippen molar-refractivity contribution >= 4 is 11.9 Å². The monoisotopic (exact) mass is 319 g/mol. The molecule has 0 aliphatic heterocycles. The molecule has 2 N–H and O–H groups in total. The summed E-state index contributed by atoms with van der Waals surface area (Å²) < 4.78 is 5.60. The number of hydrogen-bond donors (Lipinski definition) is 2. The Kier molecular flexibility index (Phi) is 5.29. The first kappa shape index (κ1) is 17.3. The molecule has 5 nitrogen and oxygen atoms in total. The summed E-state index contributed by atoms with van der Waals surface area (Å²) in [5.41, 5.74) is 1.33. The Morgan fingerprint density at radius 1 is 1.35 bits per heavy atom. The van der Waals surface area contributed by atoms with Crippen LogP contribution in [0.2, 0.25) is 0 Å². The summed E-state index contributed by atoms with van der Waals surface area (Å²) in [4.78, 5) is 23.7. The second kappa shape index (κ2) is 7.02. The number of aliphatic carboxylic acids is 1. The molecule has 1 fully saturated rings. The molecule has 0 saturated heterocycles. The van der Waals surface area contributed by atoms with Gasteiger partial charge in [0.05, 0.1) is 11.5 Å². The minimum atomic E-state index is -0.844. The summed E-state index contributed by atoms with van der Waals surface area (Å²) >= 11 is 0. The molecule has 0 aromatic heterocycles. The molecular weight excluding hydrogens is 294 g/mol. The maximum Gasteiger partial charge on any atom is 0.308 e. The predicted molar refractivity (Wildman–Crippen MR) is 87.6 cm³/mol. The number of carboxylic acids is 1. The van der Waals surface area contributed by atoms with E-state index < -0.39 is 17.4 Å². The molecule has 126 valence electrons. The molecular formula is C18H25NO4. The van der Waals surface area contributed by atoms with Crippen LogP contribution in [0.25, 0.3) is 0 Å². The van der Waals surface area contributed by atoms with Gasteiger partial charge in [-0.1, -0.05) is 25.0 Å². The van der Waals surface area contributed by atoms with Crippen LogP contribution in [-0.2, 0) is 9.59 Å². The Morgan fingerprint density at radius 3 is 2.78 bits per heavy atom. The lowest BCUT2D eigenvalue weighted by Crippen LogP contribution is -2.56. The first-order valence-electron chi connectivity index (χ1n) is 8.06. The van der Waals surface area contributed by atoms with Gasteiger partial charge < -0.3 is 15.2 Å². The lowest BCUT2D eigenvalue weighted by atomic mass is 9.74. The SMILES string of the molecule is Cc1ccc(C)c(OCC(=O)NC2(C)CCCCC2C(=O)O)c1. The van der Waals surface area contributed by atoms with Crippen LogP contribution in [0.4, 0.5) is 0 Å². The van der Waals surface area contributed by atoms with Crippen molar-refractivity contribution in [2.24, 2.45) is 5.92 Å². The lowest BCUT2D eigenvalue weighted by molar-refractivity contribution is -0.146. The Bertz CT molecular complexity index is 599. The summed E-state index contributed by atoms with van der Waals surface area (Å²) in [6.45, 7) is 5.61. The zero-order valence-electron chi connectivity index (χ0n) is 14.0. The van der Waals surface area contributed by atoms with Crippen LogP contribution in [0.5, 0.6) is 5.75 Å². The molecule has 1 saturated carbocycles. The zero-order chi connectivity index (χ0) is 17.0. The largest absolute Gasteiger partial charge is 0.483 e. The molecule has 1 aromatic carbocycles. The fourth-order valence-electron chi connectivity index (χ4n) is 3.24. The summed E-state index contributed by atoms with van der Waals surface area (Å²) in [6.07, 6.45) is 3.10. The standard InChI is InChI=1S/C18H25NO4/c1-12-7-8-13(2)15(10-12)23-11-16(20)19-18(3)9-5-4-6-14(18)17(21)22/h7-8,10,14H,4-6,9,11H2,1-3H3,(H,19,20)(H,21,22). The molecule has 1 aliphatic carbocycles. The van der Waals surface area contributed by atoms with Crippen molar-refractivity contribution in [1.29, 1.82) is 0 Å². The molecule has 2 rings (SSSR count). The number of carbonyl (C=O) groups excluding carboxylic acids is 1. The van der Waals surface area contributed by atoms with Crippen LogP contribution in [0.15, 0.2) is 18.2 Å². The topological polar surface area (TPSA) is 75.6 Å². The lowest BCUT2D eigenvalue weighted by Gasteiger charge is -2.39. The van der Waals surface area contributed by atoms with E-state index in [-0.39, 0.29) is 12.5 Å². The van der Waals surface area contributed by atoms with Gasteiger partial charge in [-0.2, -0.15) is 0 Å². The van der Waals surface area contributed by atoms with E-state index in [2.05, 4.69) is 5.32 Å². The average molecular weight is 319 g/mol. The number of hydrogen-bond acceptors (Lipinski definition) is 3. The molecule has 0 spiro atoms. The molecule has 1 aromatic rings. The van der Waals surface area contributed by atoms with Crippen molar-refractivity contribution in [2.75, 3.05) is 6.61 Å². The van der Waals surface area contributed by atoms with Gasteiger partial charge >= 0.3 is 5.97 Å². The van der Waals surface area contributed by atoms with Crippen LogP contribution in [0.1, 0.15) is 43.7 Å². The predicted octanol–water partition coefficient (Wildman–Crippen LogP) is 2.83. The second-order valence-electron chi connectivity index (χ2n) is 6.66. The van der Waals surface area contributed by atoms with Gasteiger partial charge in [-0.05, 0) is 50.8 Å². The Labute approximate surface area is 137 Å². The van der Waals surface area contributed by atoms with Crippen molar-refractivity contribution in [3.05, 3.63) is 29.3 Å². The number of carboxylic acid groups (broad SMARTS) is 1. The van der Waals surface area contributed by atoms with Crippen molar-refractivity contribution in [1.82, 2.24) is 5.32 Å². The first-order valence-corrected chi connectivity index (χ1v) is 8.06. The maximum atomic E-state index is 12.2. The third-order valence-electron chi connectivity index (χ3n) is 4.63. The number of rotatable bonds is 5. The minimum Gasteiger partial charge on any atom is -0.483 e. The van der Waals surface area contributed by atoms with Gasteiger partial charge in [0.15, 0.2) is 6.61 Å². The van der Waals surface area contributed by atoms with Crippen molar-refractivity contribution in [2.45, 2.75) is 52.0 Å². The number of ether oxygens (including phenoxy) is 1. The number of nitrogens with one attached hydrogen (secondary N) is 1. The quantitative estimate of drug-likeness (QED) is 0.875. The molecule has 5 heteroatoms. The molecule has 0 heterocycles. The number of amides is 1. The van der Waals surface area contributed by atoms with Crippen LogP contribution in [-0.4, -0.2) is 29.1 Å². The van der Waals surface area contributed by atoms with E-state index >= 15 is 0 Å². The van der Waals surface area contributed by atoms with Gasteiger partial charge in [0, 0.05) is 0 Å². The van der Waals surface area contributed by atoms with Gasteiger partial charge in [0.1, 0.15) is 5.75 Å². The van der Waals surface area contributed by atoms with Crippen LogP contribution >= 0.6 is 0 Å². The molecule has 2 atom stereocenters. The second-order valence-corrected chi connectivity index (χ2v) is 6.66. The smallest absolute Gasteiger partial charge is 0.308 e. The van der Waals surface area contributed by atoms with Gasteiger partial charge in [-0.25, -0.2) is 0 Å². The zero-order valence-corrected chi connectivity index (χ0v) is 14.0. The van der Waals surface area contributed by atoms with E-state index in [1.165, 1.54) is 0 Å². The van der Waals surface area contributed by atoms with Gasteiger partial charge in [0.25, 0.3) is 5.91 Å².